The van der Waals surface area contributed by atoms with Gasteiger partial charge in [0.15, 0.2) is 24.5 Å². The van der Waals surface area contributed by atoms with Crippen molar-refractivity contribution < 1.29 is 42.9 Å². The monoisotopic (exact) mass is 485 g/mol. The van der Waals surface area contributed by atoms with Gasteiger partial charge in [-0.2, -0.15) is 0 Å². The van der Waals surface area contributed by atoms with Crippen LogP contribution >= 0.6 is 0 Å². The van der Waals surface area contributed by atoms with Crippen LogP contribution in [0.25, 0.3) is 10.4 Å². The van der Waals surface area contributed by atoms with Crippen LogP contribution in [0.1, 0.15) is 79.1 Å². The molecule has 1 fully saturated rings. The minimum absolute atomic E-state index is 0.0605. The Morgan fingerprint density at radius 1 is 0.735 bits per heavy atom. The Balaban J connectivity index is 3.37. The lowest BCUT2D eigenvalue weighted by Crippen LogP contribution is -2.62. The molecule has 1 saturated heterocycles. The first-order valence-electron chi connectivity index (χ1n) is 11.7. The predicted octanol–water partition coefficient (Wildman–Crippen LogP) is 3.50. The number of azide groups is 1. The van der Waals surface area contributed by atoms with E-state index in [0.29, 0.717) is 25.7 Å². The molecule has 0 amide bonds. The molecule has 1 heterocycles. The van der Waals surface area contributed by atoms with E-state index in [9.17, 15) is 19.2 Å². The summed E-state index contributed by atoms with van der Waals surface area (Å²) < 4.78 is 27.6. The summed E-state index contributed by atoms with van der Waals surface area (Å²) in [7, 11) is 0. The maximum atomic E-state index is 12.4. The number of carbonyl (C=O) groups excluding carboxylic acids is 4. The van der Waals surface area contributed by atoms with E-state index < -0.39 is 54.5 Å². The lowest BCUT2D eigenvalue weighted by atomic mass is 9.97. The summed E-state index contributed by atoms with van der Waals surface area (Å²) in [5.41, 5.74) is 9.04. The fourth-order valence-electron chi connectivity index (χ4n) is 3.27. The molecule has 0 N–H and O–H groups in total. The fourth-order valence-corrected chi connectivity index (χ4v) is 3.27. The Morgan fingerprint density at radius 3 is 1.65 bits per heavy atom. The largest absolute Gasteiger partial charge is 0.463 e. The normalized spacial score (nSPS) is 23.8. The Labute approximate surface area is 199 Å². The van der Waals surface area contributed by atoms with Gasteiger partial charge >= 0.3 is 23.9 Å². The van der Waals surface area contributed by atoms with Crippen molar-refractivity contribution in [3.8, 4) is 0 Å². The molecule has 1 aliphatic rings. The van der Waals surface area contributed by atoms with Crippen LogP contribution in [0.3, 0.4) is 0 Å². The zero-order valence-corrected chi connectivity index (χ0v) is 20.3. The highest BCUT2D eigenvalue weighted by Gasteiger charge is 2.52. The van der Waals surface area contributed by atoms with E-state index in [1.165, 1.54) is 0 Å². The molecule has 34 heavy (non-hydrogen) atoms. The molecule has 0 radical (unpaired) electrons. The van der Waals surface area contributed by atoms with E-state index in [2.05, 4.69) is 10.0 Å². The standard InChI is InChI=1S/C22H35N3O9/c1-5-9-15(26)30-13-14-19(32-16(27)10-6-2)20(33-17(28)11-7-3)21(22(31-14)24-25-23)34-18(29)12-8-4/h14,19-22H,5-13H2,1-4H3/t14-,19-,20+,21-,22-/m1/s1. The van der Waals surface area contributed by atoms with E-state index in [-0.39, 0.29) is 32.3 Å². The van der Waals surface area contributed by atoms with E-state index in [1.54, 1.807) is 20.8 Å². The number of ether oxygens (including phenoxy) is 5. The first-order valence-corrected chi connectivity index (χ1v) is 11.7. The van der Waals surface area contributed by atoms with Crippen LogP contribution in [0.4, 0.5) is 0 Å². The van der Waals surface area contributed by atoms with Gasteiger partial charge < -0.3 is 23.7 Å². The third-order valence-corrected chi connectivity index (χ3v) is 4.80. The van der Waals surface area contributed by atoms with Crippen LogP contribution in [-0.2, 0) is 42.9 Å². The molecule has 0 aromatic rings. The molecule has 0 bridgehead atoms. The predicted molar refractivity (Wildman–Crippen MR) is 118 cm³/mol. The van der Waals surface area contributed by atoms with Crippen LogP contribution < -0.4 is 0 Å². The highest BCUT2D eigenvalue weighted by molar-refractivity contribution is 5.72. The molecule has 12 nitrogen and oxygen atoms in total. The summed E-state index contributed by atoms with van der Waals surface area (Å²) >= 11 is 0. The maximum absolute atomic E-state index is 12.4. The zero-order valence-electron chi connectivity index (χ0n) is 20.3. The SMILES string of the molecule is CCCC(=O)OC[C@H]1O[C@@H](N=[N+]=[N-])[C@H](OC(=O)CCC)[C@@H](OC(=O)CCC)[C@@H]1OC(=O)CCC. The van der Waals surface area contributed by atoms with Gasteiger partial charge in [0.1, 0.15) is 12.7 Å². The number of nitrogens with zero attached hydrogens (tertiary/aromatic N) is 3. The van der Waals surface area contributed by atoms with Crippen molar-refractivity contribution in [3.05, 3.63) is 10.4 Å². The quantitative estimate of drug-likeness (QED) is 0.118. The Bertz CT molecular complexity index is 739. The number of esters is 4. The van der Waals surface area contributed by atoms with Crippen molar-refractivity contribution in [3.63, 3.8) is 0 Å². The molecule has 1 aliphatic heterocycles. The molecular weight excluding hydrogens is 450 g/mol. The summed E-state index contributed by atoms with van der Waals surface area (Å²) in [6, 6.07) is 0. The van der Waals surface area contributed by atoms with E-state index in [0.717, 1.165) is 0 Å². The molecular formula is C22H35N3O9. The van der Waals surface area contributed by atoms with Crippen molar-refractivity contribution in [2.24, 2.45) is 5.11 Å². The topological polar surface area (TPSA) is 163 Å². The summed E-state index contributed by atoms with van der Waals surface area (Å²) in [4.78, 5) is 51.7. The summed E-state index contributed by atoms with van der Waals surface area (Å²) in [6.07, 6.45) is -4.09. The van der Waals surface area contributed by atoms with Gasteiger partial charge in [-0.25, -0.2) is 0 Å². The molecule has 0 aromatic carbocycles. The first-order chi connectivity index (χ1) is 16.3. The van der Waals surface area contributed by atoms with Crippen LogP contribution in [0.2, 0.25) is 0 Å². The van der Waals surface area contributed by atoms with Gasteiger partial charge in [0.2, 0.25) is 0 Å². The molecule has 0 spiro atoms. The van der Waals surface area contributed by atoms with Crippen LogP contribution in [0, 0.1) is 0 Å². The van der Waals surface area contributed by atoms with Crippen molar-refractivity contribution in [1.82, 2.24) is 0 Å². The molecule has 192 valence electrons. The van der Waals surface area contributed by atoms with E-state index >= 15 is 0 Å². The van der Waals surface area contributed by atoms with Crippen molar-refractivity contribution in [1.29, 1.82) is 0 Å². The Morgan fingerprint density at radius 2 is 1.18 bits per heavy atom. The molecule has 0 aliphatic carbocycles. The highest BCUT2D eigenvalue weighted by Crippen LogP contribution is 2.31. The minimum atomic E-state index is -1.40. The third-order valence-electron chi connectivity index (χ3n) is 4.80. The average Bonchev–Trinajstić information content (AvgIpc) is 2.77. The highest BCUT2D eigenvalue weighted by atomic mass is 16.7. The van der Waals surface area contributed by atoms with Gasteiger partial charge in [0.05, 0.1) is 0 Å². The second kappa shape index (κ2) is 15.9. The molecule has 0 saturated carbocycles. The number of hydrogen-bond donors (Lipinski definition) is 0. The van der Waals surface area contributed by atoms with Crippen LogP contribution in [0.15, 0.2) is 5.11 Å². The number of rotatable bonds is 14. The van der Waals surface area contributed by atoms with Gasteiger partial charge in [0.25, 0.3) is 0 Å². The zero-order chi connectivity index (χ0) is 25.5. The van der Waals surface area contributed by atoms with Crippen molar-refractivity contribution in [2.75, 3.05) is 6.61 Å². The fraction of sp³-hybridized carbons (Fsp3) is 0.818. The number of carbonyl (C=O) groups is 4. The summed E-state index contributed by atoms with van der Waals surface area (Å²) in [5.74, 6) is -2.35. The summed E-state index contributed by atoms with van der Waals surface area (Å²) in [6.45, 7) is 6.80. The molecule has 0 unspecified atom stereocenters. The van der Waals surface area contributed by atoms with Crippen molar-refractivity contribution >= 4 is 23.9 Å². The molecule has 5 atom stereocenters. The third kappa shape index (κ3) is 9.56. The second-order valence-corrected chi connectivity index (χ2v) is 7.82. The Kier molecular flexibility index (Phi) is 13.6. The van der Waals surface area contributed by atoms with Gasteiger partial charge in [-0.1, -0.05) is 32.8 Å². The first kappa shape index (κ1) is 29.2. The van der Waals surface area contributed by atoms with E-state index in [1.807, 2.05) is 6.92 Å². The van der Waals surface area contributed by atoms with Crippen molar-refractivity contribution in [2.45, 2.75) is 110 Å². The average molecular weight is 486 g/mol. The molecule has 1 rings (SSSR count). The van der Waals surface area contributed by atoms with Crippen LogP contribution in [-0.4, -0.2) is 61.1 Å². The smallest absolute Gasteiger partial charge is 0.306 e. The van der Waals surface area contributed by atoms with Gasteiger partial charge in [-0.15, -0.1) is 0 Å². The lowest BCUT2D eigenvalue weighted by Gasteiger charge is -2.43. The maximum Gasteiger partial charge on any atom is 0.306 e. The Hall–Kier alpha value is -2.85. The van der Waals surface area contributed by atoms with E-state index in [4.69, 9.17) is 29.2 Å². The molecule has 12 heteroatoms. The lowest BCUT2D eigenvalue weighted by molar-refractivity contribution is -0.253. The van der Waals surface area contributed by atoms with Gasteiger partial charge in [-0.3, -0.25) is 19.2 Å². The minimum Gasteiger partial charge on any atom is -0.463 e. The van der Waals surface area contributed by atoms with Crippen LogP contribution in [0.5, 0.6) is 0 Å². The van der Waals surface area contributed by atoms with Gasteiger partial charge in [-0.05, 0) is 31.2 Å². The number of hydrogen-bond acceptors (Lipinski definition) is 10. The van der Waals surface area contributed by atoms with Gasteiger partial charge in [0, 0.05) is 30.6 Å². The second-order valence-electron chi connectivity index (χ2n) is 7.82. The summed E-state index contributed by atoms with van der Waals surface area (Å²) in [5, 5.41) is 3.55. The molecule has 0 aromatic heterocycles.